The molecule has 0 spiro atoms. The highest BCUT2D eigenvalue weighted by atomic mass is 35.5. The summed E-state index contributed by atoms with van der Waals surface area (Å²) in [7, 11) is -6.09. The molecule has 16 heteroatoms. The van der Waals surface area contributed by atoms with Gasteiger partial charge in [-0.05, 0) is 25.3 Å². The van der Waals surface area contributed by atoms with E-state index in [9.17, 15) is 40.0 Å². The van der Waals surface area contributed by atoms with E-state index >= 15 is 0 Å². The fraction of sp³-hybridized carbons (Fsp3) is 0.333. The number of nitrogens with zero attached hydrogens (tertiary/aromatic N) is 3. The van der Waals surface area contributed by atoms with Crippen LogP contribution < -0.4 is 5.32 Å². The van der Waals surface area contributed by atoms with Gasteiger partial charge in [-0.2, -0.15) is 36.7 Å². The van der Waals surface area contributed by atoms with Crippen molar-refractivity contribution in [3.8, 4) is 11.8 Å². The molecule has 0 bridgehead atoms. The minimum atomic E-state index is -6.09. The van der Waals surface area contributed by atoms with Crippen LogP contribution in [0.15, 0.2) is 17.0 Å². The Hall–Kier alpha value is -1.82. The quantitative estimate of drug-likeness (QED) is 0.409. The van der Waals surface area contributed by atoms with Crippen LogP contribution in [0.25, 0.3) is 5.69 Å². The molecular formula is C15H10Cl2F6N4O2S2. The molecule has 1 N–H and O–H groups in total. The number of thioether (sulfide) groups is 1. The van der Waals surface area contributed by atoms with Crippen LogP contribution in [0.1, 0.15) is 18.2 Å². The third-order valence-electron chi connectivity index (χ3n) is 3.77. The van der Waals surface area contributed by atoms with Crippen molar-refractivity contribution < 1.29 is 34.8 Å². The van der Waals surface area contributed by atoms with E-state index in [1.807, 2.05) is 0 Å². The maximum Gasteiger partial charge on any atom is 0.502 e. The van der Waals surface area contributed by atoms with E-state index in [0.717, 1.165) is 11.8 Å². The molecule has 1 atom stereocenters. The van der Waals surface area contributed by atoms with Gasteiger partial charge in [0.1, 0.15) is 11.8 Å². The van der Waals surface area contributed by atoms with Crippen molar-refractivity contribution in [1.82, 2.24) is 9.78 Å². The molecule has 2 aromatic rings. The summed E-state index contributed by atoms with van der Waals surface area (Å²) in [5, 5.41) is 13.1. The maximum absolute atomic E-state index is 13.2. The number of aromatic nitrogens is 2. The Morgan fingerprint density at radius 3 is 2.10 bits per heavy atom. The van der Waals surface area contributed by atoms with Crippen LogP contribution in [-0.2, 0) is 16.0 Å². The Balaban J connectivity index is 2.95. The first-order valence-electron chi connectivity index (χ1n) is 7.76. The number of anilines is 1. The molecule has 0 aliphatic heterocycles. The second-order valence-corrected chi connectivity index (χ2v) is 9.68. The van der Waals surface area contributed by atoms with E-state index < -0.39 is 64.6 Å². The number of hydrogen-bond acceptors (Lipinski definition) is 6. The highest BCUT2D eigenvalue weighted by molar-refractivity contribution is 7.99. The van der Waals surface area contributed by atoms with Gasteiger partial charge >= 0.3 is 11.7 Å². The molecule has 1 aromatic heterocycles. The van der Waals surface area contributed by atoms with Crippen molar-refractivity contribution in [2.75, 3.05) is 11.6 Å². The largest absolute Gasteiger partial charge is 0.502 e. The number of hydrogen-bond donors (Lipinski definition) is 1. The second kappa shape index (κ2) is 8.61. The van der Waals surface area contributed by atoms with Crippen LogP contribution in [0.3, 0.4) is 0 Å². The Kier molecular flexibility index (Phi) is 7.06. The number of nitrogens with one attached hydrogen (secondary N) is 1. The molecule has 0 amide bonds. The van der Waals surface area contributed by atoms with Gasteiger partial charge in [-0.15, -0.1) is 11.8 Å². The molecule has 0 saturated carbocycles. The minimum Gasteiger partial charge on any atom is -0.357 e. The minimum absolute atomic E-state index is 0.441. The zero-order valence-corrected chi connectivity index (χ0v) is 18.4. The standard InChI is InChI=1S/C15H10Cl2F6N4O2S2/c1-6(30-2)25-13-12(31(28,29)15(21,22)23)10(5-24)26-27(13)11-8(16)3-7(4-9(11)17)14(18,19)20/h3-4,6,25H,1-2H3. The van der Waals surface area contributed by atoms with E-state index in [1.165, 1.54) is 13.0 Å². The second-order valence-electron chi connectivity index (χ2n) is 5.81. The van der Waals surface area contributed by atoms with Crippen molar-refractivity contribution in [2.24, 2.45) is 0 Å². The number of benzene rings is 1. The monoisotopic (exact) mass is 526 g/mol. The summed E-state index contributed by atoms with van der Waals surface area (Å²) in [5.74, 6) is -0.834. The summed E-state index contributed by atoms with van der Waals surface area (Å²) in [5.41, 5.74) is -8.75. The zero-order valence-electron chi connectivity index (χ0n) is 15.2. The average Bonchev–Trinajstić information content (AvgIpc) is 2.97. The van der Waals surface area contributed by atoms with Crippen molar-refractivity contribution in [3.63, 3.8) is 0 Å². The summed E-state index contributed by atoms with van der Waals surface area (Å²) in [6, 6.07) is 2.13. The van der Waals surface area contributed by atoms with Crippen molar-refractivity contribution in [2.45, 2.75) is 28.9 Å². The number of nitriles is 1. The zero-order chi connectivity index (χ0) is 23.9. The predicted octanol–water partition coefficient (Wildman–Crippen LogP) is 5.48. The maximum atomic E-state index is 13.2. The average molecular weight is 527 g/mol. The Morgan fingerprint density at radius 2 is 1.71 bits per heavy atom. The lowest BCUT2D eigenvalue weighted by molar-refractivity contribution is -0.137. The molecule has 31 heavy (non-hydrogen) atoms. The first-order valence-corrected chi connectivity index (χ1v) is 11.3. The summed E-state index contributed by atoms with van der Waals surface area (Å²) >= 11 is 12.8. The smallest absolute Gasteiger partial charge is 0.357 e. The lowest BCUT2D eigenvalue weighted by Crippen LogP contribution is -2.26. The van der Waals surface area contributed by atoms with Crippen molar-refractivity contribution in [1.29, 1.82) is 5.26 Å². The Morgan fingerprint density at radius 1 is 1.19 bits per heavy atom. The predicted molar refractivity (Wildman–Crippen MR) is 103 cm³/mol. The van der Waals surface area contributed by atoms with Gasteiger partial charge in [0.25, 0.3) is 9.84 Å². The molecule has 1 aromatic carbocycles. The van der Waals surface area contributed by atoms with Crippen LogP contribution in [0.2, 0.25) is 10.0 Å². The lowest BCUT2D eigenvalue weighted by Gasteiger charge is -2.18. The van der Waals surface area contributed by atoms with E-state index in [-0.39, 0.29) is 0 Å². The number of halogens is 8. The van der Waals surface area contributed by atoms with E-state index in [4.69, 9.17) is 23.2 Å². The third kappa shape index (κ3) is 4.84. The SMILES string of the molecule is CSC(C)Nc1c(S(=O)(=O)C(F)(F)F)c(C#N)nn1-c1c(Cl)cc(C(F)(F)F)cc1Cl. The first kappa shape index (κ1) is 25.4. The highest BCUT2D eigenvalue weighted by Gasteiger charge is 2.51. The molecule has 1 unspecified atom stereocenters. The van der Waals surface area contributed by atoms with Crippen LogP contribution in [0, 0.1) is 11.3 Å². The highest BCUT2D eigenvalue weighted by Crippen LogP contribution is 2.42. The normalized spacial score (nSPS) is 13.7. The summed E-state index contributed by atoms with van der Waals surface area (Å²) in [4.78, 5) is -1.50. The molecular weight excluding hydrogens is 517 g/mol. The molecule has 0 saturated heterocycles. The molecule has 0 radical (unpaired) electrons. The van der Waals surface area contributed by atoms with Gasteiger partial charge in [-0.3, -0.25) is 0 Å². The van der Waals surface area contributed by atoms with Gasteiger partial charge < -0.3 is 5.32 Å². The topological polar surface area (TPSA) is 87.8 Å². The van der Waals surface area contributed by atoms with E-state index in [2.05, 4.69) is 10.4 Å². The molecule has 1 heterocycles. The van der Waals surface area contributed by atoms with Crippen LogP contribution in [0.5, 0.6) is 0 Å². The summed E-state index contributed by atoms with van der Waals surface area (Å²) in [6.07, 6.45) is -3.30. The Labute approximate surface area is 186 Å². The van der Waals surface area contributed by atoms with Gasteiger partial charge in [0.05, 0.1) is 21.0 Å². The van der Waals surface area contributed by atoms with E-state index in [0.29, 0.717) is 16.8 Å². The van der Waals surface area contributed by atoms with E-state index in [1.54, 1.807) is 6.26 Å². The number of sulfone groups is 1. The molecule has 0 aliphatic rings. The van der Waals surface area contributed by atoms with Gasteiger partial charge in [-0.1, -0.05) is 23.2 Å². The molecule has 0 aliphatic carbocycles. The third-order valence-corrected chi connectivity index (χ3v) is 6.71. The summed E-state index contributed by atoms with van der Waals surface area (Å²) < 4.78 is 103. The molecule has 0 fully saturated rings. The number of alkyl halides is 6. The molecule has 2 rings (SSSR count). The van der Waals surface area contributed by atoms with Gasteiger partial charge in [0.2, 0.25) is 0 Å². The molecule has 170 valence electrons. The van der Waals surface area contributed by atoms with Crippen LogP contribution in [0.4, 0.5) is 32.2 Å². The van der Waals surface area contributed by atoms with Crippen LogP contribution >= 0.6 is 35.0 Å². The Bertz CT molecular complexity index is 1130. The van der Waals surface area contributed by atoms with Crippen LogP contribution in [-0.4, -0.2) is 35.3 Å². The number of rotatable bonds is 5. The first-order chi connectivity index (χ1) is 14.1. The summed E-state index contributed by atoms with van der Waals surface area (Å²) in [6.45, 7) is 1.45. The fourth-order valence-corrected chi connectivity index (χ4v) is 4.17. The fourth-order valence-electron chi connectivity index (χ4n) is 2.32. The lowest BCUT2D eigenvalue weighted by atomic mass is 10.2. The molecule has 6 nitrogen and oxygen atoms in total. The van der Waals surface area contributed by atoms with Gasteiger partial charge in [0.15, 0.2) is 16.4 Å². The van der Waals surface area contributed by atoms with Crippen molar-refractivity contribution in [3.05, 3.63) is 33.4 Å². The van der Waals surface area contributed by atoms with Crippen molar-refractivity contribution >= 4 is 50.6 Å². The van der Waals surface area contributed by atoms with Gasteiger partial charge in [0, 0.05) is 0 Å². The van der Waals surface area contributed by atoms with Gasteiger partial charge in [-0.25, -0.2) is 13.1 Å².